The molecule has 1 aromatic carbocycles. The van der Waals surface area contributed by atoms with E-state index in [-0.39, 0.29) is 34.4 Å². The van der Waals surface area contributed by atoms with Crippen LogP contribution in [0.15, 0.2) is 36.5 Å². The van der Waals surface area contributed by atoms with Crippen molar-refractivity contribution in [1.29, 1.82) is 0 Å². The van der Waals surface area contributed by atoms with Crippen molar-refractivity contribution >= 4 is 29.3 Å². The van der Waals surface area contributed by atoms with Crippen molar-refractivity contribution in [3.8, 4) is 16.3 Å². The molecule has 3 aliphatic rings. The van der Waals surface area contributed by atoms with Crippen molar-refractivity contribution in [2.45, 2.75) is 50.5 Å². The van der Waals surface area contributed by atoms with E-state index >= 15 is 0 Å². The summed E-state index contributed by atoms with van der Waals surface area (Å²) in [5.74, 6) is 0.459. The number of thiophene rings is 1. The van der Waals surface area contributed by atoms with Gasteiger partial charge in [-0.15, -0.1) is 11.3 Å². The Morgan fingerprint density at radius 2 is 2.00 bits per heavy atom. The number of hydrogen-bond donors (Lipinski definition) is 2. The van der Waals surface area contributed by atoms with Crippen molar-refractivity contribution in [3.63, 3.8) is 0 Å². The lowest BCUT2D eigenvalue weighted by atomic mass is 9.94. The number of ether oxygens (including phenoxy) is 1. The van der Waals surface area contributed by atoms with Gasteiger partial charge < -0.3 is 25.0 Å². The maximum absolute atomic E-state index is 14.1. The number of carbonyl (C=O) groups excluding carboxylic acids is 1. The first-order valence-corrected chi connectivity index (χ1v) is 14.1. The number of rotatable bonds is 6. The molecule has 0 radical (unpaired) electrons. The minimum Gasteiger partial charge on any atom is -0.497 e. The summed E-state index contributed by atoms with van der Waals surface area (Å²) in [5.41, 5.74) is -0.378. The molecular formula is C28H28F3N5O4S. The molecule has 1 saturated heterocycles. The van der Waals surface area contributed by atoms with Crippen LogP contribution in [-0.4, -0.2) is 63.1 Å². The highest BCUT2D eigenvalue weighted by molar-refractivity contribution is 7.16. The van der Waals surface area contributed by atoms with Gasteiger partial charge in [-0.1, -0.05) is 19.1 Å². The number of hydrogen-bond acceptors (Lipinski definition) is 7. The minimum atomic E-state index is -4.69. The van der Waals surface area contributed by atoms with Gasteiger partial charge in [0.15, 0.2) is 0 Å². The van der Waals surface area contributed by atoms with Crippen LogP contribution in [0.4, 0.5) is 23.9 Å². The Balaban J connectivity index is 1.29. The number of nitrogens with zero attached hydrogens (tertiary/aromatic N) is 4. The van der Waals surface area contributed by atoms with Crippen molar-refractivity contribution in [1.82, 2.24) is 19.8 Å². The van der Waals surface area contributed by atoms with E-state index in [2.05, 4.69) is 15.3 Å². The number of methoxy groups -OCH3 is 1. The average molecular weight is 588 g/mol. The Morgan fingerprint density at radius 3 is 2.61 bits per heavy atom. The molecule has 1 aliphatic carbocycles. The predicted octanol–water partition coefficient (Wildman–Crippen LogP) is 5.68. The van der Waals surface area contributed by atoms with Gasteiger partial charge in [0.05, 0.1) is 28.8 Å². The number of halogens is 3. The lowest BCUT2D eigenvalue weighted by molar-refractivity contribution is -0.137. The second-order valence-electron chi connectivity index (χ2n) is 10.8. The largest absolute Gasteiger partial charge is 0.497 e. The third kappa shape index (κ3) is 4.85. The summed E-state index contributed by atoms with van der Waals surface area (Å²) >= 11 is 1.19. The van der Waals surface area contributed by atoms with Crippen LogP contribution < -0.4 is 10.1 Å². The third-order valence-corrected chi connectivity index (χ3v) is 9.52. The molecule has 2 aliphatic heterocycles. The summed E-state index contributed by atoms with van der Waals surface area (Å²) < 4.78 is 47.4. The zero-order valence-electron chi connectivity index (χ0n) is 22.4. The van der Waals surface area contributed by atoms with Gasteiger partial charge in [-0.2, -0.15) is 13.2 Å². The fraction of sp³-hybridized carbons (Fsp3) is 0.429. The summed E-state index contributed by atoms with van der Waals surface area (Å²) in [6.07, 6.45) is -2.95. The second kappa shape index (κ2) is 9.89. The number of carboxylic acid groups (broad SMARTS) is 1. The van der Waals surface area contributed by atoms with Crippen molar-refractivity contribution in [3.05, 3.63) is 58.1 Å². The molecule has 4 heterocycles. The van der Waals surface area contributed by atoms with Gasteiger partial charge >= 0.3 is 12.3 Å². The molecule has 3 aromatic rings. The zero-order chi connectivity index (χ0) is 29.1. The highest BCUT2D eigenvalue weighted by Crippen LogP contribution is 2.60. The smallest absolute Gasteiger partial charge is 0.420 e. The highest BCUT2D eigenvalue weighted by atomic mass is 32.1. The standard InChI is InChI=1S/C28H28F3N5O4S/c1-15-13-35(26(38)39)10-7-20(15)33-25-32-12-19(28(29,30)31)22(34-25)21-11-18-23(41-21)27(8-9-27)36(24(18)37)14-16-3-5-17(40-2)6-4-16/h3-6,11-12,15,20H,7-10,13-14H2,1-2H3,(H,38,39)(H,32,33,34)/t15-,20+/m1/s1. The Bertz CT molecular complexity index is 1510. The third-order valence-electron chi connectivity index (χ3n) is 8.19. The summed E-state index contributed by atoms with van der Waals surface area (Å²) in [6.45, 7) is 2.88. The number of aromatic nitrogens is 2. The lowest BCUT2D eigenvalue weighted by Crippen LogP contribution is -2.47. The van der Waals surface area contributed by atoms with E-state index in [0.29, 0.717) is 37.4 Å². The first kappa shape index (κ1) is 27.3. The molecule has 216 valence electrons. The molecule has 13 heteroatoms. The first-order chi connectivity index (χ1) is 19.5. The normalized spacial score (nSPS) is 21.2. The maximum Gasteiger partial charge on any atom is 0.420 e. The van der Waals surface area contributed by atoms with E-state index in [1.807, 2.05) is 36.1 Å². The monoisotopic (exact) mass is 587 g/mol. The van der Waals surface area contributed by atoms with Gasteiger partial charge in [0.25, 0.3) is 5.91 Å². The number of anilines is 1. The van der Waals surface area contributed by atoms with Crippen LogP contribution in [0.1, 0.15) is 52.5 Å². The fourth-order valence-corrected chi connectivity index (χ4v) is 7.18. The van der Waals surface area contributed by atoms with Crippen LogP contribution in [0, 0.1) is 5.92 Å². The van der Waals surface area contributed by atoms with Crippen LogP contribution in [0.2, 0.25) is 0 Å². The van der Waals surface area contributed by atoms with Gasteiger partial charge in [-0.3, -0.25) is 4.79 Å². The number of amides is 2. The first-order valence-electron chi connectivity index (χ1n) is 13.3. The van der Waals surface area contributed by atoms with E-state index in [0.717, 1.165) is 29.5 Å². The van der Waals surface area contributed by atoms with Crippen molar-refractivity contribution in [2.75, 3.05) is 25.5 Å². The van der Waals surface area contributed by atoms with E-state index < -0.39 is 23.4 Å². The SMILES string of the molecule is COc1ccc(CN2C(=O)c3cc(-c4nc(N[C@H]5CCN(C(=O)O)C[C@H]5C)ncc4C(F)(F)F)sc3C23CC3)cc1. The quantitative estimate of drug-likeness (QED) is 0.382. The van der Waals surface area contributed by atoms with E-state index in [9.17, 15) is 27.9 Å². The molecule has 41 heavy (non-hydrogen) atoms. The number of alkyl halides is 3. The molecule has 2 fully saturated rings. The maximum atomic E-state index is 14.1. The molecule has 2 N–H and O–H groups in total. The van der Waals surface area contributed by atoms with Crippen LogP contribution in [-0.2, 0) is 18.3 Å². The van der Waals surface area contributed by atoms with E-state index in [1.165, 1.54) is 22.3 Å². The summed E-state index contributed by atoms with van der Waals surface area (Å²) in [6, 6.07) is 8.80. The number of benzene rings is 1. The van der Waals surface area contributed by atoms with Gasteiger partial charge in [-0.05, 0) is 48.9 Å². The minimum absolute atomic E-state index is 0.0378. The highest BCUT2D eigenvalue weighted by Gasteiger charge is 2.59. The average Bonchev–Trinajstić information content (AvgIpc) is 3.57. The Hall–Kier alpha value is -3.87. The second-order valence-corrected chi connectivity index (χ2v) is 11.9. The van der Waals surface area contributed by atoms with Crippen LogP contribution in [0.3, 0.4) is 0 Å². The van der Waals surface area contributed by atoms with E-state index in [1.54, 1.807) is 7.11 Å². The summed E-state index contributed by atoms with van der Waals surface area (Å²) in [7, 11) is 1.58. The lowest BCUT2D eigenvalue weighted by Gasteiger charge is -2.35. The molecule has 1 saturated carbocycles. The Kier molecular flexibility index (Phi) is 6.59. The van der Waals surface area contributed by atoms with Crippen LogP contribution in [0.5, 0.6) is 5.75 Å². The number of carbonyl (C=O) groups is 2. The number of fused-ring (bicyclic) bond motifs is 2. The topological polar surface area (TPSA) is 108 Å². The molecule has 2 aromatic heterocycles. The van der Waals surface area contributed by atoms with Crippen molar-refractivity contribution < 1.29 is 32.6 Å². The molecule has 0 bridgehead atoms. The van der Waals surface area contributed by atoms with Gasteiger partial charge in [0.2, 0.25) is 5.95 Å². The van der Waals surface area contributed by atoms with Crippen LogP contribution in [0.25, 0.3) is 10.6 Å². The number of nitrogens with one attached hydrogen (secondary N) is 1. The molecular weight excluding hydrogens is 559 g/mol. The molecule has 2 atom stereocenters. The molecule has 9 nitrogen and oxygen atoms in total. The zero-order valence-corrected chi connectivity index (χ0v) is 23.2. The van der Waals surface area contributed by atoms with Gasteiger partial charge in [0, 0.05) is 36.8 Å². The summed E-state index contributed by atoms with van der Waals surface area (Å²) in [4.78, 5) is 37.3. The van der Waals surface area contributed by atoms with Gasteiger partial charge in [-0.25, -0.2) is 14.8 Å². The summed E-state index contributed by atoms with van der Waals surface area (Å²) in [5, 5.41) is 12.4. The molecule has 2 amide bonds. The molecule has 6 rings (SSSR count). The Labute approximate surface area is 238 Å². The van der Waals surface area contributed by atoms with Crippen molar-refractivity contribution in [2.24, 2.45) is 5.92 Å². The number of piperidine rings is 1. The predicted molar refractivity (Wildman–Crippen MR) is 145 cm³/mol. The molecule has 1 spiro atoms. The molecule has 0 unspecified atom stereocenters. The Morgan fingerprint density at radius 1 is 1.27 bits per heavy atom. The number of likely N-dealkylation sites (tertiary alicyclic amines) is 1. The van der Waals surface area contributed by atoms with E-state index in [4.69, 9.17) is 4.74 Å². The van der Waals surface area contributed by atoms with Crippen LogP contribution >= 0.6 is 11.3 Å². The fourth-order valence-electron chi connectivity index (χ4n) is 5.77. The van der Waals surface area contributed by atoms with Gasteiger partial charge in [0.1, 0.15) is 11.3 Å².